The summed E-state index contributed by atoms with van der Waals surface area (Å²) in [4.78, 5) is 16.8. The summed E-state index contributed by atoms with van der Waals surface area (Å²) in [7, 11) is 0. The summed E-state index contributed by atoms with van der Waals surface area (Å²) in [5, 5.41) is 18.2. The van der Waals surface area contributed by atoms with Crippen LogP contribution in [0.5, 0.6) is 0 Å². The van der Waals surface area contributed by atoms with E-state index in [-0.39, 0.29) is 0 Å². The van der Waals surface area contributed by atoms with Crippen LogP contribution < -0.4 is 0 Å². The number of aromatic nitrogens is 3. The fraction of sp³-hybridized carbons (Fsp3) is 0. The van der Waals surface area contributed by atoms with Crippen molar-refractivity contribution >= 4 is 5.69 Å². The fourth-order valence-corrected chi connectivity index (χ4v) is 5.51. The third-order valence-electron chi connectivity index (χ3n) is 8.14. The van der Waals surface area contributed by atoms with Crippen LogP contribution in [0.2, 0.25) is 0 Å². The molecule has 0 atom stereocenters. The van der Waals surface area contributed by atoms with Gasteiger partial charge in [-0.2, -0.15) is 10.5 Å². The molecule has 0 spiro atoms. The number of nitriles is 2. The third kappa shape index (κ3) is 6.17. The van der Waals surface area contributed by atoms with Crippen LogP contribution in [0.15, 0.2) is 146 Å². The van der Waals surface area contributed by atoms with E-state index in [1.54, 1.807) is 36.8 Å². The highest BCUT2D eigenvalue weighted by Gasteiger charge is 2.10. The molecule has 0 radical (unpaired) electrons. The topological polar surface area (TPSA) is 90.6 Å². The number of rotatable bonds is 6. The molecule has 48 heavy (non-hydrogen) atoms. The Morgan fingerprint density at radius 3 is 1.00 bits per heavy atom. The minimum absolute atomic E-state index is 0.516. The molecule has 0 unspecified atom stereocenters. The Morgan fingerprint density at radius 2 is 0.729 bits per heavy atom. The molecule has 0 saturated carbocycles. The van der Waals surface area contributed by atoms with E-state index in [9.17, 15) is 0 Å². The zero-order valence-electron chi connectivity index (χ0n) is 25.5. The van der Waals surface area contributed by atoms with Crippen molar-refractivity contribution < 1.29 is 0 Å². The van der Waals surface area contributed by atoms with E-state index >= 15 is 0 Å². The van der Waals surface area contributed by atoms with Gasteiger partial charge < -0.3 is 0 Å². The molecule has 0 aliphatic carbocycles. The van der Waals surface area contributed by atoms with Gasteiger partial charge in [-0.3, -0.25) is 15.0 Å². The highest BCUT2D eigenvalue weighted by Crippen LogP contribution is 2.35. The van der Waals surface area contributed by atoms with Gasteiger partial charge in [0.15, 0.2) is 0 Å². The molecular formula is C42H24N6. The van der Waals surface area contributed by atoms with Crippen molar-refractivity contribution in [2.75, 3.05) is 0 Å². The van der Waals surface area contributed by atoms with Crippen molar-refractivity contribution in [3.05, 3.63) is 169 Å². The van der Waals surface area contributed by atoms with Gasteiger partial charge in [-0.25, -0.2) is 4.85 Å². The van der Waals surface area contributed by atoms with E-state index in [0.717, 1.165) is 67.2 Å². The minimum atomic E-state index is 0.516. The van der Waals surface area contributed by atoms with E-state index in [1.807, 2.05) is 18.2 Å². The normalized spacial score (nSPS) is 10.4. The number of pyridine rings is 3. The predicted molar refractivity (Wildman–Crippen MR) is 188 cm³/mol. The summed E-state index contributed by atoms with van der Waals surface area (Å²) in [5.74, 6) is 0. The lowest BCUT2D eigenvalue weighted by molar-refractivity contribution is 1.30. The SMILES string of the molecule is [C-]#[N+]c1ccc(-c2ccc(-c3cc(-c4ccc(-c5ccc(C#N)cn5)cc4)cc(-c4ccc(-c5ccc(C#N)cn5)cc4)c3)cc2)nc1. The van der Waals surface area contributed by atoms with Crippen molar-refractivity contribution in [1.82, 2.24) is 15.0 Å². The van der Waals surface area contributed by atoms with Crippen molar-refractivity contribution in [1.29, 1.82) is 10.5 Å². The molecule has 0 fully saturated rings. The Balaban J connectivity index is 1.26. The Kier molecular flexibility index (Phi) is 8.01. The molecule has 7 aromatic rings. The maximum Gasteiger partial charge on any atom is 0.205 e. The Labute approximate surface area is 278 Å². The zero-order chi connectivity index (χ0) is 32.9. The van der Waals surface area contributed by atoms with Crippen LogP contribution in [-0.2, 0) is 0 Å². The second-order valence-electron chi connectivity index (χ2n) is 11.1. The number of hydrogen-bond donors (Lipinski definition) is 0. The monoisotopic (exact) mass is 612 g/mol. The lowest BCUT2D eigenvalue weighted by Gasteiger charge is -2.13. The number of hydrogen-bond acceptors (Lipinski definition) is 5. The van der Waals surface area contributed by atoms with Crippen LogP contribution in [0.25, 0.3) is 72.0 Å². The lowest BCUT2D eigenvalue weighted by Crippen LogP contribution is -1.89. The maximum atomic E-state index is 9.12. The molecule has 3 aromatic heterocycles. The number of benzene rings is 4. The first-order chi connectivity index (χ1) is 23.6. The second kappa shape index (κ2) is 13.0. The predicted octanol–water partition coefficient (Wildman–Crippen LogP) is 10.2. The van der Waals surface area contributed by atoms with Crippen LogP contribution in [0.4, 0.5) is 5.69 Å². The molecule has 0 aliphatic heterocycles. The van der Waals surface area contributed by atoms with Crippen LogP contribution in [-0.4, -0.2) is 15.0 Å². The van der Waals surface area contributed by atoms with Crippen molar-refractivity contribution in [3.63, 3.8) is 0 Å². The molecule has 222 valence electrons. The fourth-order valence-electron chi connectivity index (χ4n) is 5.51. The summed E-state index contributed by atoms with van der Waals surface area (Å²) in [6.07, 6.45) is 4.77. The molecule has 6 nitrogen and oxygen atoms in total. The largest absolute Gasteiger partial charge is 0.268 e. The van der Waals surface area contributed by atoms with Gasteiger partial charge in [0, 0.05) is 35.3 Å². The van der Waals surface area contributed by atoms with E-state index in [2.05, 4.69) is 123 Å². The second-order valence-corrected chi connectivity index (χ2v) is 11.1. The van der Waals surface area contributed by atoms with Crippen molar-refractivity contribution in [2.45, 2.75) is 0 Å². The minimum Gasteiger partial charge on any atom is -0.268 e. The van der Waals surface area contributed by atoms with E-state index in [1.165, 1.54) is 0 Å². The Bertz CT molecular complexity index is 2070. The number of nitrogens with zero attached hydrogens (tertiary/aromatic N) is 6. The van der Waals surface area contributed by atoms with E-state index < -0.39 is 0 Å². The van der Waals surface area contributed by atoms with Gasteiger partial charge in [-0.1, -0.05) is 78.9 Å². The Hall–Kier alpha value is -7.20. The molecule has 0 N–H and O–H groups in total. The van der Waals surface area contributed by atoms with Crippen LogP contribution in [0.1, 0.15) is 11.1 Å². The molecular weight excluding hydrogens is 589 g/mol. The first kappa shape index (κ1) is 29.5. The molecule has 0 bridgehead atoms. The van der Waals surface area contributed by atoms with Gasteiger partial charge in [0.1, 0.15) is 12.1 Å². The highest BCUT2D eigenvalue weighted by molar-refractivity contribution is 5.83. The lowest BCUT2D eigenvalue weighted by atomic mass is 9.92. The average molecular weight is 613 g/mol. The first-order valence-electron chi connectivity index (χ1n) is 15.1. The van der Waals surface area contributed by atoms with Crippen LogP contribution >= 0.6 is 0 Å². The van der Waals surface area contributed by atoms with Gasteiger partial charge in [-0.05, 0) is 81.9 Å². The molecule has 6 heteroatoms. The Morgan fingerprint density at radius 1 is 0.396 bits per heavy atom. The van der Waals surface area contributed by atoms with Crippen molar-refractivity contribution in [3.8, 4) is 79.3 Å². The molecule has 0 saturated heterocycles. The molecule has 3 heterocycles. The average Bonchev–Trinajstić information content (AvgIpc) is 3.18. The smallest absolute Gasteiger partial charge is 0.205 e. The molecule has 7 rings (SSSR count). The quantitative estimate of drug-likeness (QED) is 0.174. The van der Waals surface area contributed by atoms with Gasteiger partial charge in [0.2, 0.25) is 5.69 Å². The van der Waals surface area contributed by atoms with Crippen LogP contribution in [0.3, 0.4) is 0 Å². The summed E-state index contributed by atoms with van der Waals surface area (Å²) in [5.41, 5.74) is 13.3. The standard InChI is InChI=1S/C42H24N6/c1-45-39-16-19-42(48-27-39)35-14-8-32(9-15-35)38-21-36(30-4-10-33(11-5-30)40-17-2-28(23-43)25-46-40)20-37(22-38)31-6-12-34(13-7-31)41-18-3-29(24-44)26-47-41/h2-22,25-27H. The molecule has 4 aromatic carbocycles. The third-order valence-corrected chi connectivity index (χ3v) is 8.14. The van der Waals surface area contributed by atoms with Gasteiger partial charge in [0.05, 0.1) is 34.8 Å². The van der Waals surface area contributed by atoms with Gasteiger partial charge >= 0.3 is 0 Å². The van der Waals surface area contributed by atoms with Crippen LogP contribution in [0, 0.1) is 29.2 Å². The summed E-state index contributed by atoms with van der Waals surface area (Å²) < 4.78 is 0. The summed E-state index contributed by atoms with van der Waals surface area (Å²) >= 11 is 0. The van der Waals surface area contributed by atoms with E-state index in [0.29, 0.717) is 16.8 Å². The molecule has 0 amide bonds. The van der Waals surface area contributed by atoms with E-state index in [4.69, 9.17) is 17.1 Å². The zero-order valence-corrected chi connectivity index (χ0v) is 25.5. The summed E-state index contributed by atoms with van der Waals surface area (Å²) in [6, 6.07) is 46.7. The highest BCUT2D eigenvalue weighted by atomic mass is 14.7. The van der Waals surface area contributed by atoms with Gasteiger partial charge in [0.25, 0.3) is 0 Å². The maximum absolute atomic E-state index is 9.12. The van der Waals surface area contributed by atoms with Crippen molar-refractivity contribution in [2.24, 2.45) is 0 Å². The first-order valence-corrected chi connectivity index (χ1v) is 15.1. The van der Waals surface area contributed by atoms with Gasteiger partial charge in [-0.15, -0.1) is 0 Å². The molecule has 0 aliphatic rings. The summed E-state index contributed by atoms with van der Waals surface area (Å²) in [6.45, 7) is 7.19.